The van der Waals surface area contributed by atoms with Crippen LogP contribution >= 0.6 is 11.8 Å². The van der Waals surface area contributed by atoms with Crippen molar-refractivity contribution in [3.63, 3.8) is 0 Å². The number of thioether (sulfide) groups is 1. The zero-order valence-corrected chi connectivity index (χ0v) is 13.3. The summed E-state index contributed by atoms with van der Waals surface area (Å²) < 4.78 is 5.06. The Labute approximate surface area is 129 Å². The van der Waals surface area contributed by atoms with E-state index in [1.165, 1.54) is 11.8 Å². The van der Waals surface area contributed by atoms with E-state index in [0.717, 1.165) is 5.56 Å². The van der Waals surface area contributed by atoms with Gasteiger partial charge in [0.1, 0.15) is 11.6 Å². The number of carbonyl (C=O) groups is 2. The Morgan fingerprint density at radius 2 is 1.90 bits per heavy atom. The van der Waals surface area contributed by atoms with Crippen molar-refractivity contribution in [2.45, 2.75) is 38.2 Å². The van der Waals surface area contributed by atoms with E-state index in [4.69, 9.17) is 9.84 Å². The molecule has 1 aromatic rings. The fraction of sp³-hybridized carbons (Fsp3) is 0.467. The third kappa shape index (κ3) is 7.60. The highest BCUT2D eigenvalue weighted by Crippen LogP contribution is 2.13. The fourth-order valence-electron chi connectivity index (χ4n) is 1.49. The molecule has 0 spiro atoms. The topological polar surface area (TPSA) is 75.6 Å². The van der Waals surface area contributed by atoms with E-state index in [2.05, 4.69) is 5.32 Å². The van der Waals surface area contributed by atoms with Crippen molar-refractivity contribution in [3.8, 4) is 0 Å². The smallest absolute Gasteiger partial charge is 0.408 e. The molecule has 0 saturated carbocycles. The summed E-state index contributed by atoms with van der Waals surface area (Å²) in [6, 6.07) is 8.79. The second-order valence-electron chi connectivity index (χ2n) is 5.54. The molecule has 1 amide bonds. The molecule has 116 valence electrons. The molecule has 0 bridgehead atoms. The average molecular weight is 311 g/mol. The van der Waals surface area contributed by atoms with Gasteiger partial charge in [0.05, 0.1) is 0 Å². The van der Waals surface area contributed by atoms with Gasteiger partial charge in [0.25, 0.3) is 0 Å². The van der Waals surface area contributed by atoms with Crippen molar-refractivity contribution in [3.05, 3.63) is 35.9 Å². The number of nitrogens with one attached hydrogen (secondary N) is 1. The van der Waals surface area contributed by atoms with Crippen LogP contribution in [0.25, 0.3) is 0 Å². The van der Waals surface area contributed by atoms with E-state index in [9.17, 15) is 9.59 Å². The van der Waals surface area contributed by atoms with Crippen LogP contribution in [0.3, 0.4) is 0 Å². The van der Waals surface area contributed by atoms with Crippen LogP contribution in [-0.2, 0) is 15.3 Å². The lowest BCUT2D eigenvalue weighted by atomic mass is 10.2. The van der Waals surface area contributed by atoms with Crippen LogP contribution in [0.5, 0.6) is 0 Å². The Morgan fingerprint density at radius 1 is 1.29 bits per heavy atom. The molecule has 0 fully saturated rings. The highest BCUT2D eigenvalue weighted by molar-refractivity contribution is 7.98. The lowest BCUT2D eigenvalue weighted by molar-refractivity contribution is -0.138. The fourth-order valence-corrected chi connectivity index (χ4v) is 2.50. The first kappa shape index (κ1) is 17.4. The summed E-state index contributed by atoms with van der Waals surface area (Å²) in [6.45, 7) is 5.19. The maximum atomic E-state index is 11.6. The van der Waals surface area contributed by atoms with Crippen molar-refractivity contribution >= 4 is 23.8 Å². The molecular weight excluding hydrogens is 290 g/mol. The maximum Gasteiger partial charge on any atom is 0.408 e. The van der Waals surface area contributed by atoms with Crippen molar-refractivity contribution in [2.75, 3.05) is 5.75 Å². The number of aliphatic carboxylic acids is 1. The molecule has 1 aromatic carbocycles. The van der Waals surface area contributed by atoms with Gasteiger partial charge in [0.2, 0.25) is 0 Å². The predicted octanol–water partition coefficient (Wildman–Crippen LogP) is 2.90. The summed E-state index contributed by atoms with van der Waals surface area (Å²) in [6.07, 6.45) is -0.713. The van der Waals surface area contributed by atoms with Gasteiger partial charge < -0.3 is 15.2 Å². The molecule has 1 unspecified atom stereocenters. The van der Waals surface area contributed by atoms with Gasteiger partial charge in [-0.05, 0) is 26.3 Å². The monoisotopic (exact) mass is 311 g/mol. The van der Waals surface area contributed by atoms with Crippen LogP contribution in [0.2, 0.25) is 0 Å². The number of amides is 1. The van der Waals surface area contributed by atoms with Crippen molar-refractivity contribution < 1.29 is 19.4 Å². The number of benzene rings is 1. The highest BCUT2D eigenvalue weighted by Gasteiger charge is 2.23. The molecule has 0 aromatic heterocycles. The number of hydrogen-bond acceptors (Lipinski definition) is 4. The van der Waals surface area contributed by atoms with Crippen molar-refractivity contribution in [1.82, 2.24) is 5.32 Å². The SMILES string of the molecule is CC(C)(C)OC(=O)NC(CSCc1ccccc1)C(=O)O. The molecular formula is C15H21NO4S. The third-order valence-corrected chi connectivity index (χ3v) is 3.49. The number of ether oxygens (including phenoxy) is 1. The molecule has 1 atom stereocenters. The standard InChI is InChI=1S/C15H21NO4S/c1-15(2,3)20-14(19)16-12(13(17)18)10-21-9-11-7-5-4-6-8-11/h4-8,12H,9-10H2,1-3H3,(H,16,19)(H,17,18). The van der Waals surface area contributed by atoms with Crippen LogP contribution < -0.4 is 5.32 Å². The summed E-state index contributed by atoms with van der Waals surface area (Å²) in [5.41, 5.74) is 0.466. The maximum absolute atomic E-state index is 11.6. The minimum atomic E-state index is -1.07. The normalized spacial score (nSPS) is 12.5. The molecule has 0 aliphatic heterocycles. The second kappa shape index (κ2) is 7.93. The highest BCUT2D eigenvalue weighted by atomic mass is 32.2. The average Bonchev–Trinajstić information content (AvgIpc) is 2.36. The summed E-state index contributed by atoms with van der Waals surface area (Å²) in [5.74, 6) is -0.0919. The van der Waals surface area contributed by atoms with Crippen LogP contribution in [0.15, 0.2) is 30.3 Å². The van der Waals surface area contributed by atoms with Gasteiger partial charge in [-0.25, -0.2) is 9.59 Å². The van der Waals surface area contributed by atoms with Crippen LogP contribution in [0.1, 0.15) is 26.3 Å². The minimum Gasteiger partial charge on any atom is -0.480 e. The molecule has 0 saturated heterocycles. The first-order valence-electron chi connectivity index (χ1n) is 6.62. The van der Waals surface area contributed by atoms with Crippen molar-refractivity contribution in [1.29, 1.82) is 0 Å². The summed E-state index contributed by atoms with van der Waals surface area (Å²) in [5, 5.41) is 11.5. The number of carboxylic acid groups (broad SMARTS) is 1. The minimum absolute atomic E-state index is 0.281. The van der Waals surface area contributed by atoms with E-state index in [0.29, 0.717) is 5.75 Å². The van der Waals surface area contributed by atoms with Crippen LogP contribution in [-0.4, -0.2) is 34.6 Å². The number of hydrogen-bond donors (Lipinski definition) is 2. The van der Waals surface area contributed by atoms with E-state index in [1.807, 2.05) is 30.3 Å². The Balaban J connectivity index is 2.43. The predicted molar refractivity (Wildman–Crippen MR) is 83.4 cm³/mol. The lowest BCUT2D eigenvalue weighted by Gasteiger charge is -2.21. The van der Waals surface area contributed by atoms with E-state index >= 15 is 0 Å². The summed E-state index contributed by atoms with van der Waals surface area (Å²) >= 11 is 1.45. The van der Waals surface area contributed by atoms with Gasteiger partial charge in [-0.1, -0.05) is 30.3 Å². The zero-order chi connectivity index (χ0) is 15.9. The van der Waals surface area contributed by atoms with Gasteiger partial charge in [-0.15, -0.1) is 0 Å². The number of alkyl carbamates (subject to hydrolysis) is 1. The Morgan fingerprint density at radius 3 is 2.43 bits per heavy atom. The van der Waals surface area contributed by atoms with E-state index in [-0.39, 0.29) is 5.75 Å². The zero-order valence-electron chi connectivity index (χ0n) is 12.5. The lowest BCUT2D eigenvalue weighted by Crippen LogP contribution is -2.44. The number of carboxylic acids is 1. The second-order valence-corrected chi connectivity index (χ2v) is 6.57. The number of rotatable bonds is 6. The largest absolute Gasteiger partial charge is 0.480 e. The van der Waals surface area contributed by atoms with E-state index in [1.54, 1.807) is 20.8 Å². The molecule has 0 heterocycles. The molecule has 2 N–H and O–H groups in total. The van der Waals surface area contributed by atoms with Gasteiger partial charge in [0.15, 0.2) is 0 Å². The van der Waals surface area contributed by atoms with Crippen molar-refractivity contribution in [2.24, 2.45) is 0 Å². The van der Waals surface area contributed by atoms with Gasteiger partial charge >= 0.3 is 12.1 Å². The third-order valence-electron chi connectivity index (χ3n) is 2.39. The first-order valence-corrected chi connectivity index (χ1v) is 7.77. The quantitative estimate of drug-likeness (QED) is 0.845. The molecule has 0 aliphatic rings. The molecule has 5 nitrogen and oxygen atoms in total. The Hall–Kier alpha value is -1.69. The molecule has 0 radical (unpaired) electrons. The molecule has 6 heteroatoms. The Bertz CT molecular complexity index is 470. The van der Waals surface area contributed by atoms with Gasteiger partial charge in [-0.3, -0.25) is 0 Å². The van der Waals surface area contributed by atoms with E-state index < -0.39 is 23.7 Å². The molecule has 1 rings (SSSR count). The number of carbonyl (C=O) groups excluding carboxylic acids is 1. The van der Waals surface area contributed by atoms with Crippen LogP contribution in [0.4, 0.5) is 4.79 Å². The molecule has 0 aliphatic carbocycles. The van der Waals surface area contributed by atoms with Gasteiger partial charge in [-0.2, -0.15) is 11.8 Å². The summed E-state index contributed by atoms with van der Waals surface area (Å²) in [4.78, 5) is 22.8. The van der Waals surface area contributed by atoms with Gasteiger partial charge in [0, 0.05) is 11.5 Å². The summed E-state index contributed by atoms with van der Waals surface area (Å²) in [7, 11) is 0. The molecule has 21 heavy (non-hydrogen) atoms. The Kier molecular flexibility index (Phi) is 6.55. The van der Waals surface area contributed by atoms with Crippen LogP contribution in [0, 0.1) is 0 Å². The first-order chi connectivity index (χ1) is 9.78.